The summed E-state index contributed by atoms with van der Waals surface area (Å²) in [7, 11) is 1.61. The number of anilines is 3. The molecule has 1 aromatic carbocycles. The third kappa shape index (κ3) is 3.50. The van der Waals surface area contributed by atoms with Crippen molar-refractivity contribution in [1.29, 1.82) is 0 Å². The zero-order chi connectivity index (χ0) is 23.4. The predicted octanol–water partition coefficient (Wildman–Crippen LogP) is 4.73. The van der Waals surface area contributed by atoms with Crippen molar-refractivity contribution in [3.8, 4) is 11.3 Å². The molecule has 1 fully saturated rings. The Morgan fingerprint density at radius 3 is 2.91 bits per heavy atom. The molecule has 8 nitrogen and oxygen atoms in total. The van der Waals surface area contributed by atoms with Crippen LogP contribution in [0.2, 0.25) is 0 Å². The molecule has 4 aromatic rings. The number of H-pyrrole nitrogens is 1. The third-order valence-corrected chi connectivity index (χ3v) is 7.91. The van der Waals surface area contributed by atoms with Crippen LogP contribution in [0.25, 0.3) is 11.3 Å². The maximum Gasteiger partial charge on any atom is 0.293 e. The van der Waals surface area contributed by atoms with Gasteiger partial charge in [-0.2, -0.15) is 5.10 Å². The number of nitrogens with one attached hydrogen (secondary N) is 3. The fraction of sp³-hybridized carbons (Fsp3) is 0.250. The van der Waals surface area contributed by atoms with Gasteiger partial charge in [-0.1, -0.05) is 0 Å². The summed E-state index contributed by atoms with van der Waals surface area (Å²) in [5, 5.41) is 12.2. The molecule has 0 aliphatic heterocycles. The Kier molecular flexibility index (Phi) is 4.84. The lowest BCUT2D eigenvalue weighted by molar-refractivity contribution is 0.103. The highest BCUT2D eigenvalue weighted by Gasteiger charge is 2.39. The highest BCUT2D eigenvalue weighted by Crippen LogP contribution is 2.55. The molecule has 0 radical (unpaired) electrons. The predicted molar refractivity (Wildman–Crippen MR) is 128 cm³/mol. The van der Waals surface area contributed by atoms with Crippen LogP contribution in [0.3, 0.4) is 0 Å². The van der Waals surface area contributed by atoms with Crippen LogP contribution in [-0.2, 0) is 7.05 Å². The average molecular weight is 477 g/mol. The summed E-state index contributed by atoms with van der Waals surface area (Å²) in [6.07, 6.45) is 8.29. The van der Waals surface area contributed by atoms with Crippen LogP contribution in [0.5, 0.6) is 0 Å². The fourth-order valence-electron chi connectivity index (χ4n) is 4.92. The lowest BCUT2D eigenvalue weighted by Gasteiger charge is -2.11. The third-order valence-electron chi connectivity index (χ3n) is 6.60. The van der Waals surface area contributed by atoms with Crippen molar-refractivity contribution >= 4 is 34.4 Å². The zero-order valence-electron chi connectivity index (χ0n) is 18.3. The molecular formula is C24H21FN6O2S. The first-order chi connectivity index (χ1) is 16.5. The van der Waals surface area contributed by atoms with E-state index in [1.807, 2.05) is 6.07 Å². The summed E-state index contributed by atoms with van der Waals surface area (Å²) in [5.41, 5.74) is 2.65. The number of fused-ring (bicyclic) bond motifs is 5. The fourth-order valence-corrected chi connectivity index (χ4v) is 6.21. The van der Waals surface area contributed by atoms with Crippen molar-refractivity contribution in [3.63, 3.8) is 0 Å². The van der Waals surface area contributed by atoms with Crippen molar-refractivity contribution in [2.24, 2.45) is 7.05 Å². The van der Waals surface area contributed by atoms with Crippen molar-refractivity contribution in [2.45, 2.75) is 31.1 Å². The molecule has 1 amide bonds. The van der Waals surface area contributed by atoms with E-state index < -0.39 is 5.82 Å². The second-order valence-corrected chi connectivity index (χ2v) is 9.87. The monoisotopic (exact) mass is 476 g/mol. The largest absolute Gasteiger partial charge is 0.333 e. The van der Waals surface area contributed by atoms with Crippen molar-refractivity contribution in [1.82, 2.24) is 19.7 Å². The smallest absolute Gasteiger partial charge is 0.293 e. The normalized spacial score (nSPS) is 18.2. The van der Waals surface area contributed by atoms with Gasteiger partial charge in [0.2, 0.25) is 0 Å². The summed E-state index contributed by atoms with van der Waals surface area (Å²) in [6.45, 7) is 0. The number of thiophene rings is 1. The van der Waals surface area contributed by atoms with Gasteiger partial charge in [-0.15, -0.1) is 11.3 Å². The molecule has 2 atom stereocenters. The van der Waals surface area contributed by atoms with E-state index in [2.05, 4.69) is 25.8 Å². The van der Waals surface area contributed by atoms with Gasteiger partial charge in [0.15, 0.2) is 5.82 Å². The Hall–Kier alpha value is -3.79. The number of aromatic amines is 1. The molecule has 3 N–H and O–H groups in total. The van der Waals surface area contributed by atoms with Crippen LogP contribution in [0.1, 0.15) is 51.2 Å². The quantitative estimate of drug-likeness (QED) is 0.386. The summed E-state index contributed by atoms with van der Waals surface area (Å²) < 4.78 is 16.0. The Morgan fingerprint density at radius 2 is 2.12 bits per heavy atom. The molecule has 3 heterocycles. The Labute approximate surface area is 197 Å². The first-order valence-corrected chi connectivity index (χ1v) is 11.9. The first-order valence-electron chi connectivity index (χ1n) is 11.0. The number of amides is 1. The van der Waals surface area contributed by atoms with E-state index in [4.69, 9.17) is 0 Å². The summed E-state index contributed by atoms with van der Waals surface area (Å²) in [6, 6.07) is 6.36. The van der Waals surface area contributed by atoms with Gasteiger partial charge in [0.25, 0.3) is 11.5 Å². The number of aromatic nitrogens is 4. The minimum absolute atomic E-state index is 0.0685. The standard InChI is InChI=1S/C24H21FN6O2S/c1-31-11-19(29-22(24(31)33)28-15-9-26-27-10-15)13-4-5-17(25)18(7-13)30-23(32)20-8-16-12-2-3-14(6-12)21(16)34-20/h4-5,7-12,14H,2-3,6H2,1H3,(H,26,27)(H,28,29)(H,30,32). The number of nitrogens with zero attached hydrogens (tertiary/aromatic N) is 3. The van der Waals surface area contributed by atoms with Gasteiger partial charge in [-0.05, 0) is 60.9 Å². The number of hydrogen-bond acceptors (Lipinski definition) is 6. The lowest BCUT2D eigenvalue weighted by Crippen LogP contribution is -2.21. The highest BCUT2D eigenvalue weighted by molar-refractivity contribution is 7.14. The Bertz CT molecular complexity index is 1450. The van der Waals surface area contributed by atoms with Crippen LogP contribution in [0.15, 0.2) is 47.7 Å². The van der Waals surface area contributed by atoms with Crippen LogP contribution in [-0.4, -0.2) is 25.7 Å². The van der Waals surface area contributed by atoms with E-state index in [1.165, 1.54) is 63.9 Å². The molecule has 6 rings (SSSR count). The average Bonchev–Trinajstić information content (AvgIpc) is 3.61. The number of benzene rings is 1. The number of rotatable bonds is 5. The Morgan fingerprint density at radius 1 is 1.26 bits per heavy atom. The van der Waals surface area contributed by atoms with Gasteiger partial charge < -0.3 is 15.2 Å². The molecular weight excluding hydrogens is 455 g/mol. The van der Waals surface area contributed by atoms with E-state index in [-0.39, 0.29) is 23.0 Å². The van der Waals surface area contributed by atoms with Crippen LogP contribution in [0.4, 0.5) is 21.6 Å². The summed E-state index contributed by atoms with van der Waals surface area (Å²) >= 11 is 1.53. The number of halogens is 1. The minimum atomic E-state index is -0.539. The van der Waals surface area contributed by atoms with Crippen molar-refractivity contribution < 1.29 is 9.18 Å². The van der Waals surface area contributed by atoms with E-state index in [0.29, 0.717) is 33.7 Å². The number of hydrogen-bond donors (Lipinski definition) is 3. The molecule has 172 valence electrons. The maximum atomic E-state index is 14.6. The SMILES string of the molecule is Cn1cc(-c2ccc(F)c(NC(=O)c3cc4c(s3)C3CCC4C3)c2)nc(Nc2cn[nH]c2)c1=O. The van der Waals surface area contributed by atoms with Gasteiger partial charge in [0.1, 0.15) is 5.82 Å². The van der Waals surface area contributed by atoms with Gasteiger partial charge in [-0.3, -0.25) is 14.7 Å². The molecule has 34 heavy (non-hydrogen) atoms. The number of carbonyl (C=O) groups is 1. The van der Waals surface area contributed by atoms with E-state index in [9.17, 15) is 14.0 Å². The van der Waals surface area contributed by atoms with Gasteiger partial charge in [-0.25, -0.2) is 9.37 Å². The topological polar surface area (TPSA) is 105 Å². The van der Waals surface area contributed by atoms with E-state index >= 15 is 0 Å². The van der Waals surface area contributed by atoms with Crippen molar-refractivity contribution in [2.75, 3.05) is 10.6 Å². The Balaban J connectivity index is 1.29. The second kappa shape index (κ2) is 7.91. The minimum Gasteiger partial charge on any atom is -0.333 e. The maximum absolute atomic E-state index is 14.6. The molecule has 2 unspecified atom stereocenters. The lowest BCUT2D eigenvalue weighted by atomic mass is 9.99. The molecule has 10 heteroatoms. The van der Waals surface area contributed by atoms with Crippen LogP contribution in [0, 0.1) is 5.82 Å². The molecule has 2 aliphatic carbocycles. The molecule has 0 saturated heterocycles. The summed E-state index contributed by atoms with van der Waals surface area (Å²) in [5.74, 6) is 0.401. The van der Waals surface area contributed by atoms with Crippen LogP contribution >= 0.6 is 11.3 Å². The summed E-state index contributed by atoms with van der Waals surface area (Å²) in [4.78, 5) is 31.8. The van der Waals surface area contributed by atoms with E-state index in [0.717, 1.165) is 0 Å². The second-order valence-electron chi connectivity index (χ2n) is 8.79. The molecule has 0 spiro atoms. The number of carbonyl (C=O) groups excluding carboxylic acids is 1. The zero-order valence-corrected chi connectivity index (χ0v) is 19.1. The molecule has 1 saturated carbocycles. The molecule has 3 aromatic heterocycles. The van der Waals surface area contributed by atoms with Crippen molar-refractivity contribution in [3.05, 3.63) is 74.3 Å². The van der Waals surface area contributed by atoms with Gasteiger partial charge in [0.05, 0.1) is 28.1 Å². The van der Waals surface area contributed by atoms with Gasteiger partial charge >= 0.3 is 0 Å². The van der Waals surface area contributed by atoms with Crippen LogP contribution < -0.4 is 16.2 Å². The van der Waals surface area contributed by atoms with Gasteiger partial charge in [0, 0.05) is 29.9 Å². The number of aryl methyl sites for hydroxylation is 1. The molecule has 2 aliphatic rings. The molecule has 2 bridgehead atoms. The first kappa shape index (κ1) is 20.8. The van der Waals surface area contributed by atoms with E-state index in [1.54, 1.807) is 25.5 Å². The highest BCUT2D eigenvalue weighted by atomic mass is 32.1.